The van der Waals surface area contributed by atoms with E-state index in [0.717, 1.165) is 17.9 Å². The Kier molecular flexibility index (Phi) is 6.04. The average molecular weight is 335 g/mol. The summed E-state index contributed by atoms with van der Waals surface area (Å²) in [4.78, 5) is 0. The van der Waals surface area contributed by atoms with Crippen LogP contribution < -0.4 is 15.4 Å². The van der Waals surface area contributed by atoms with Crippen LogP contribution in [-0.2, 0) is 0 Å². The SMILES string of the molecule is CCC(NC(=S)Nc1ccc(Cl)cc1)c1ccc(OC)cc1. The molecule has 0 spiro atoms. The molecular weight excluding hydrogens is 316 g/mol. The Hall–Kier alpha value is -1.78. The van der Waals surface area contributed by atoms with Crippen LogP contribution in [0.3, 0.4) is 0 Å². The topological polar surface area (TPSA) is 33.3 Å². The summed E-state index contributed by atoms with van der Waals surface area (Å²) in [5, 5.41) is 7.78. The standard InChI is InChI=1S/C17H19ClN2OS/c1-3-16(12-4-10-15(21-2)11-5-12)20-17(22)19-14-8-6-13(18)7-9-14/h4-11,16H,3H2,1-2H3,(H2,19,20,22). The first-order chi connectivity index (χ1) is 10.6. The van der Waals surface area contributed by atoms with Crippen molar-refractivity contribution >= 4 is 34.6 Å². The van der Waals surface area contributed by atoms with Crippen LogP contribution in [0.25, 0.3) is 0 Å². The van der Waals surface area contributed by atoms with Crippen LogP contribution in [0.2, 0.25) is 5.02 Å². The quantitative estimate of drug-likeness (QED) is 0.770. The van der Waals surface area contributed by atoms with Crippen molar-refractivity contribution in [2.75, 3.05) is 12.4 Å². The van der Waals surface area contributed by atoms with Crippen molar-refractivity contribution in [2.24, 2.45) is 0 Å². The van der Waals surface area contributed by atoms with Crippen molar-refractivity contribution in [2.45, 2.75) is 19.4 Å². The normalized spacial score (nSPS) is 11.6. The molecule has 1 atom stereocenters. The van der Waals surface area contributed by atoms with Crippen LogP contribution in [0.4, 0.5) is 5.69 Å². The van der Waals surface area contributed by atoms with Gasteiger partial charge >= 0.3 is 0 Å². The third kappa shape index (κ3) is 4.61. The Labute approximate surface area is 141 Å². The minimum Gasteiger partial charge on any atom is -0.497 e. The number of thiocarbonyl (C=S) groups is 1. The summed E-state index contributed by atoms with van der Waals surface area (Å²) in [5.74, 6) is 0.848. The molecule has 0 aliphatic heterocycles. The molecule has 5 heteroatoms. The molecular formula is C17H19ClN2OS. The summed E-state index contributed by atoms with van der Waals surface area (Å²) in [7, 11) is 1.66. The predicted molar refractivity (Wildman–Crippen MR) is 96.8 cm³/mol. The molecule has 22 heavy (non-hydrogen) atoms. The van der Waals surface area contributed by atoms with Crippen molar-refractivity contribution in [3.8, 4) is 5.75 Å². The van der Waals surface area contributed by atoms with E-state index < -0.39 is 0 Å². The largest absolute Gasteiger partial charge is 0.497 e. The lowest BCUT2D eigenvalue weighted by Crippen LogP contribution is -2.32. The predicted octanol–water partition coefficient (Wildman–Crippen LogP) is 4.79. The molecule has 0 amide bonds. The third-order valence-electron chi connectivity index (χ3n) is 3.33. The molecule has 0 aliphatic rings. The summed E-state index contributed by atoms with van der Waals surface area (Å²) in [6.07, 6.45) is 0.925. The van der Waals surface area contributed by atoms with Crippen LogP contribution in [-0.4, -0.2) is 12.2 Å². The van der Waals surface area contributed by atoms with E-state index in [1.807, 2.05) is 48.5 Å². The lowest BCUT2D eigenvalue weighted by molar-refractivity contribution is 0.414. The second kappa shape index (κ2) is 8.01. The van der Waals surface area contributed by atoms with E-state index in [4.69, 9.17) is 28.6 Å². The lowest BCUT2D eigenvalue weighted by atomic mass is 10.0. The molecule has 0 fully saturated rings. The van der Waals surface area contributed by atoms with Crippen molar-refractivity contribution in [3.63, 3.8) is 0 Å². The van der Waals surface area contributed by atoms with Gasteiger partial charge in [-0.1, -0.05) is 30.7 Å². The summed E-state index contributed by atoms with van der Waals surface area (Å²) >= 11 is 11.3. The van der Waals surface area contributed by atoms with E-state index in [-0.39, 0.29) is 6.04 Å². The van der Waals surface area contributed by atoms with Crippen LogP contribution >= 0.6 is 23.8 Å². The number of anilines is 1. The van der Waals surface area contributed by atoms with E-state index >= 15 is 0 Å². The molecule has 0 saturated carbocycles. The first-order valence-corrected chi connectivity index (χ1v) is 7.88. The minimum absolute atomic E-state index is 0.151. The minimum atomic E-state index is 0.151. The smallest absolute Gasteiger partial charge is 0.171 e. The Morgan fingerprint density at radius 3 is 2.32 bits per heavy atom. The molecule has 2 N–H and O–H groups in total. The average Bonchev–Trinajstić information content (AvgIpc) is 2.55. The van der Waals surface area contributed by atoms with E-state index in [1.165, 1.54) is 5.56 Å². The number of nitrogens with one attached hydrogen (secondary N) is 2. The van der Waals surface area contributed by atoms with Crippen molar-refractivity contribution < 1.29 is 4.74 Å². The zero-order chi connectivity index (χ0) is 15.9. The summed E-state index contributed by atoms with van der Waals surface area (Å²) in [6.45, 7) is 2.12. The van der Waals surface area contributed by atoms with Crippen molar-refractivity contribution in [1.82, 2.24) is 5.32 Å². The number of ether oxygens (including phenoxy) is 1. The summed E-state index contributed by atoms with van der Waals surface area (Å²) in [6, 6.07) is 15.6. The lowest BCUT2D eigenvalue weighted by Gasteiger charge is -2.20. The van der Waals surface area contributed by atoms with Gasteiger partial charge in [-0.25, -0.2) is 0 Å². The highest BCUT2D eigenvalue weighted by molar-refractivity contribution is 7.80. The number of hydrogen-bond acceptors (Lipinski definition) is 2. The van der Waals surface area contributed by atoms with Gasteiger partial charge in [0.05, 0.1) is 13.2 Å². The zero-order valence-corrected chi connectivity index (χ0v) is 14.2. The molecule has 0 saturated heterocycles. The maximum absolute atomic E-state index is 5.87. The number of halogens is 1. The van der Waals surface area contributed by atoms with E-state index in [0.29, 0.717) is 10.1 Å². The van der Waals surface area contributed by atoms with E-state index in [9.17, 15) is 0 Å². The second-order valence-corrected chi connectivity index (χ2v) is 5.68. The summed E-state index contributed by atoms with van der Waals surface area (Å²) in [5.41, 5.74) is 2.08. The molecule has 0 radical (unpaired) electrons. The molecule has 0 heterocycles. The Bertz CT molecular complexity index is 614. The molecule has 2 aromatic rings. The molecule has 2 rings (SSSR count). The van der Waals surface area contributed by atoms with Crippen LogP contribution in [0.15, 0.2) is 48.5 Å². The molecule has 0 bridgehead atoms. The van der Waals surface area contributed by atoms with Gasteiger partial charge in [0.15, 0.2) is 5.11 Å². The zero-order valence-electron chi connectivity index (χ0n) is 12.6. The van der Waals surface area contributed by atoms with Crippen molar-refractivity contribution in [3.05, 3.63) is 59.1 Å². The van der Waals surface area contributed by atoms with Gasteiger partial charge in [-0.05, 0) is 60.6 Å². The van der Waals surface area contributed by atoms with Gasteiger partial charge in [0.25, 0.3) is 0 Å². The number of methoxy groups -OCH3 is 1. The molecule has 1 unspecified atom stereocenters. The number of rotatable bonds is 5. The Morgan fingerprint density at radius 2 is 1.77 bits per heavy atom. The maximum Gasteiger partial charge on any atom is 0.171 e. The Balaban J connectivity index is 1.99. The molecule has 3 nitrogen and oxygen atoms in total. The van der Waals surface area contributed by atoms with E-state index in [1.54, 1.807) is 7.11 Å². The van der Waals surface area contributed by atoms with Gasteiger partial charge in [0, 0.05) is 10.7 Å². The van der Waals surface area contributed by atoms with Crippen molar-refractivity contribution in [1.29, 1.82) is 0 Å². The highest BCUT2D eigenvalue weighted by Gasteiger charge is 2.10. The number of hydrogen-bond donors (Lipinski definition) is 2. The first kappa shape index (κ1) is 16.6. The highest BCUT2D eigenvalue weighted by atomic mass is 35.5. The fraction of sp³-hybridized carbons (Fsp3) is 0.235. The van der Waals surface area contributed by atoms with Crippen LogP contribution in [0.5, 0.6) is 5.75 Å². The van der Waals surface area contributed by atoms with E-state index in [2.05, 4.69) is 17.6 Å². The molecule has 2 aromatic carbocycles. The first-order valence-electron chi connectivity index (χ1n) is 7.09. The summed E-state index contributed by atoms with van der Waals surface area (Å²) < 4.78 is 5.18. The monoisotopic (exact) mass is 334 g/mol. The van der Waals surface area contributed by atoms with Gasteiger partial charge in [0.2, 0.25) is 0 Å². The van der Waals surface area contributed by atoms with Gasteiger partial charge in [0.1, 0.15) is 5.75 Å². The van der Waals surface area contributed by atoms with Gasteiger partial charge in [-0.2, -0.15) is 0 Å². The van der Waals surface area contributed by atoms with Gasteiger partial charge in [-0.15, -0.1) is 0 Å². The molecule has 0 aliphatic carbocycles. The highest BCUT2D eigenvalue weighted by Crippen LogP contribution is 2.20. The van der Waals surface area contributed by atoms with Gasteiger partial charge in [-0.3, -0.25) is 0 Å². The molecule has 116 valence electrons. The third-order valence-corrected chi connectivity index (χ3v) is 3.81. The fourth-order valence-corrected chi connectivity index (χ4v) is 2.50. The van der Waals surface area contributed by atoms with Crippen LogP contribution in [0.1, 0.15) is 24.9 Å². The fourth-order valence-electron chi connectivity index (χ4n) is 2.12. The van der Waals surface area contributed by atoms with Crippen LogP contribution in [0, 0.1) is 0 Å². The second-order valence-electron chi connectivity index (χ2n) is 4.84. The molecule has 0 aromatic heterocycles. The Morgan fingerprint density at radius 1 is 1.14 bits per heavy atom. The van der Waals surface area contributed by atoms with Gasteiger partial charge < -0.3 is 15.4 Å². The number of benzene rings is 2. The maximum atomic E-state index is 5.87.